The summed E-state index contributed by atoms with van der Waals surface area (Å²) in [6.45, 7) is 5.27. The lowest BCUT2D eigenvalue weighted by molar-refractivity contribution is 0.0358. The van der Waals surface area contributed by atoms with Crippen molar-refractivity contribution in [2.24, 2.45) is 0 Å². The highest BCUT2D eigenvalue weighted by atomic mass is 16.5. The maximum absolute atomic E-state index is 13.5. The van der Waals surface area contributed by atoms with Crippen LogP contribution < -0.4 is 14.4 Å². The predicted octanol–water partition coefficient (Wildman–Crippen LogP) is 4.87. The van der Waals surface area contributed by atoms with E-state index in [1.54, 1.807) is 4.90 Å². The normalized spacial score (nSPS) is 15.4. The summed E-state index contributed by atoms with van der Waals surface area (Å²) < 4.78 is 17.3. The first kappa shape index (κ1) is 20.5. The highest BCUT2D eigenvalue weighted by Crippen LogP contribution is 2.46. The summed E-state index contributed by atoms with van der Waals surface area (Å²) in [6.07, 6.45) is 0.960. The number of morpholine rings is 1. The number of para-hydroxylation sites is 4. The van der Waals surface area contributed by atoms with Crippen LogP contribution in [0.25, 0.3) is 0 Å². The van der Waals surface area contributed by atoms with Gasteiger partial charge in [-0.2, -0.15) is 0 Å². The topological polar surface area (TPSA) is 51.2 Å². The van der Waals surface area contributed by atoms with Gasteiger partial charge in [0.25, 0.3) is 5.91 Å². The van der Waals surface area contributed by atoms with Crippen LogP contribution in [0.4, 0.5) is 11.4 Å². The fourth-order valence-electron chi connectivity index (χ4n) is 4.05. The number of carbonyl (C=O) groups is 1. The van der Waals surface area contributed by atoms with Crippen LogP contribution in [-0.4, -0.2) is 50.3 Å². The smallest absolute Gasteiger partial charge is 0.263 e. The molecule has 0 unspecified atom stereocenters. The number of hydrogen-bond acceptors (Lipinski definition) is 5. The molecule has 0 radical (unpaired) electrons. The summed E-state index contributed by atoms with van der Waals surface area (Å²) in [5.41, 5.74) is 2.07. The van der Waals surface area contributed by atoms with Gasteiger partial charge in [-0.25, -0.2) is 0 Å². The van der Waals surface area contributed by atoms with E-state index in [4.69, 9.17) is 14.2 Å². The summed E-state index contributed by atoms with van der Waals surface area (Å²) in [7, 11) is 0. The zero-order valence-corrected chi connectivity index (χ0v) is 17.9. The number of hydrogen-bond donors (Lipinski definition) is 0. The standard InChI is InChI=1S/C26H26N2O4/c29-26(28-22-6-1-3-8-24(22)32-25-9-4-2-7-23(25)28)20-10-12-21(13-11-20)31-17-5-14-27-15-18-30-19-16-27/h1-4,6-13H,5,14-19H2. The van der Waals surface area contributed by atoms with E-state index in [9.17, 15) is 4.79 Å². The van der Waals surface area contributed by atoms with Crippen LogP contribution >= 0.6 is 0 Å². The molecule has 1 amide bonds. The van der Waals surface area contributed by atoms with E-state index in [-0.39, 0.29) is 5.91 Å². The first-order valence-corrected chi connectivity index (χ1v) is 11.0. The van der Waals surface area contributed by atoms with Crippen molar-refractivity contribution in [2.45, 2.75) is 6.42 Å². The average molecular weight is 431 g/mol. The Morgan fingerprint density at radius 1 is 0.844 bits per heavy atom. The van der Waals surface area contributed by atoms with E-state index in [0.717, 1.165) is 56.4 Å². The van der Waals surface area contributed by atoms with Gasteiger partial charge in [0.05, 0.1) is 31.2 Å². The molecule has 164 valence electrons. The highest BCUT2D eigenvalue weighted by molar-refractivity contribution is 6.13. The first-order valence-electron chi connectivity index (χ1n) is 11.0. The van der Waals surface area contributed by atoms with Crippen molar-refractivity contribution >= 4 is 17.3 Å². The Morgan fingerprint density at radius 2 is 1.47 bits per heavy atom. The molecule has 5 rings (SSSR count). The van der Waals surface area contributed by atoms with Crippen molar-refractivity contribution in [3.05, 3.63) is 78.4 Å². The van der Waals surface area contributed by atoms with Crippen LogP contribution in [0.1, 0.15) is 16.8 Å². The third-order valence-electron chi connectivity index (χ3n) is 5.73. The van der Waals surface area contributed by atoms with Crippen LogP contribution in [-0.2, 0) is 4.74 Å². The zero-order chi connectivity index (χ0) is 21.8. The number of benzene rings is 3. The van der Waals surface area contributed by atoms with Gasteiger partial charge in [0.15, 0.2) is 11.5 Å². The number of rotatable bonds is 6. The molecule has 0 aromatic heterocycles. The molecule has 32 heavy (non-hydrogen) atoms. The van der Waals surface area contributed by atoms with Gasteiger partial charge in [0.1, 0.15) is 5.75 Å². The minimum Gasteiger partial charge on any atom is -0.494 e. The minimum absolute atomic E-state index is 0.105. The Morgan fingerprint density at radius 3 is 2.12 bits per heavy atom. The van der Waals surface area contributed by atoms with Crippen molar-refractivity contribution in [1.29, 1.82) is 0 Å². The summed E-state index contributed by atoms with van der Waals surface area (Å²) in [4.78, 5) is 17.6. The van der Waals surface area contributed by atoms with Crippen molar-refractivity contribution in [2.75, 3.05) is 44.4 Å². The largest absolute Gasteiger partial charge is 0.494 e. The van der Waals surface area contributed by atoms with Crippen LogP contribution in [0.2, 0.25) is 0 Å². The van der Waals surface area contributed by atoms with Crippen LogP contribution in [0.5, 0.6) is 17.2 Å². The molecule has 6 nitrogen and oxygen atoms in total. The van der Waals surface area contributed by atoms with Gasteiger partial charge in [-0.3, -0.25) is 14.6 Å². The van der Waals surface area contributed by atoms with Crippen LogP contribution in [0.15, 0.2) is 72.8 Å². The van der Waals surface area contributed by atoms with Crippen LogP contribution in [0, 0.1) is 0 Å². The molecule has 2 heterocycles. The van der Waals surface area contributed by atoms with Gasteiger partial charge in [-0.05, 0) is 55.0 Å². The van der Waals surface area contributed by atoms with E-state index in [1.165, 1.54) is 0 Å². The summed E-state index contributed by atoms with van der Waals surface area (Å²) >= 11 is 0. The molecular weight excluding hydrogens is 404 g/mol. The molecular formula is C26H26N2O4. The zero-order valence-electron chi connectivity index (χ0n) is 17.9. The number of ether oxygens (including phenoxy) is 3. The second kappa shape index (κ2) is 9.42. The maximum Gasteiger partial charge on any atom is 0.263 e. The third kappa shape index (κ3) is 4.33. The van der Waals surface area contributed by atoms with Crippen LogP contribution in [0.3, 0.4) is 0 Å². The second-order valence-corrected chi connectivity index (χ2v) is 7.86. The maximum atomic E-state index is 13.5. The van der Waals surface area contributed by atoms with Crippen molar-refractivity contribution in [3.8, 4) is 17.2 Å². The number of fused-ring (bicyclic) bond motifs is 2. The van der Waals surface area contributed by atoms with Gasteiger partial charge in [-0.1, -0.05) is 24.3 Å². The Hall–Kier alpha value is -3.35. The molecule has 1 fully saturated rings. The van der Waals surface area contributed by atoms with Crippen molar-refractivity contribution < 1.29 is 19.0 Å². The van der Waals surface area contributed by atoms with E-state index in [1.807, 2.05) is 72.8 Å². The molecule has 3 aromatic carbocycles. The van der Waals surface area contributed by atoms with Gasteiger partial charge < -0.3 is 14.2 Å². The molecule has 0 bridgehead atoms. The Balaban J connectivity index is 1.26. The Kier molecular flexibility index (Phi) is 6.05. The highest BCUT2D eigenvalue weighted by Gasteiger charge is 2.29. The first-order chi connectivity index (χ1) is 15.8. The van der Waals surface area contributed by atoms with E-state index in [2.05, 4.69) is 4.90 Å². The molecule has 0 saturated carbocycles. The molecule has 6 heteroatoms. The van der Waals surface area contributed by atoms with Gasteiger partial charge >= 0.3 is 0 Å². The number of amides is 1. The van der Waals surface area contributed by atoms with Gasteiger partial charge in [-0.15, -0.1) is 0 Å². The molecule has 0 aliphatic carbocycles. The monoisotopic (exact) mass is 430 g/mol. The number of carbonyl (C=O) groups excluding carboxylic acids is 1. The Bertz CT molecular complexity index is 1030. The fraction of sp³-hybridized carbons (Fsp3) is 0.269. The molecule has 0 N–H and O–H groups in total. The summed E-state index contributed by atoms with van der Waals surface area (Å²) in [5, 5.41) is 0. The predicted molar refractivity (Wildman–Crippen MR) is 123 cm³/mol. The fourth-order valence-corrected chi connectivity index (χ4v) is 4.05. The molecule has 2 aliphatic heterocycles. The lowest BCUT2D eigenvalue weighted by atomic mass is 10.1. The average Bonchev–Trinajstić information content (AvgIpc) is 2.86. The molecule has 1 saturated heterocycles. The summed E-state index contributed by atoms with van der Waals surface area (Å²) in [6, 6.07) is 22.5. The molecule has 0 atom stereocenters. The third-order valence-corrected chi connectivity index (χ3v) is 5.73. The van der Waals surface area contributed by atoms with E-state index in [0.29, 0.717) is 23.7 Å². The van der Waals surface area contributed by atoms with E-state index >= 15 is 0 Å². The lowest BCUT2D eigenvalue weighted by Gasteiger charge is -2.31. The SMILES string of the molecule is O=C(c1ccc(OCCCN2CCOCC2)cc1)N1c2ccccc2Oc2ccccc21. The number of anilines is 2. The summed E-state index contributed by atoms with van der Waals surface area (Å²) in [5.74, 6) is 2.00. The molecule has 3 aromatic rings. The Labute approximate surface area is 187 Å². The number of nitrogens with zero attached hydrogens (tertiary/aromatic N) is 2. The van der Waals surface area contributed by atoms with Crippen molar-refractivity contribution in [3.63, 3.8) is 0 Å². The molecule has 2 aliphatic rings. The van der Waals surface area contributed by atoms with Gasteiger partial charge in [0, 0.05) is 25.2 Å². The molecule has 0 spiro atoms. The quantitative estimate of drug-likeness (QED) is 0.522. The van der Waals surface area contributed by atoms with Gasteiger partial charge in [0.2, 0.25) is 0 Å². The van der Waals surface area contributed by atoms with E-state index < -0.39 is 0 Å². The second-order valence-electron chi connectivity index (χ2n) is 7.86. The minimum atomic E-state index is -0.105. The van der Waals surface area contributed by atoms with Crippen molar-refractivity contribution in [1.82, 2.24) is 4.90 Å². The lowest BCUT2D eigenvalue weighted by Crippen LogP contribution is -2.37.